The molecule has 0 radical (unpaired) electrons. The molecule has 5 heteroatoms. The highest BCUT2D eigenvalue weighted by Crippen LogP contribution is 2.37. The molecule has 1 atom stereocenters. The van der Waals surface area contributed by atoms with E-state index in [0.29, 0.717) is 17.2 Å². The van der Waals surface area contributed by atoms with Crippen LogP contribution in [0.3, 0.4) is 0 Å². The zero-order valence-corrected chi connectivity index (χ0v) is 11.2. The third-order valence-electron chi connectivity index (χ3n) is 2.88. The fourth-order valence-electron chi connectivity index (χ4n) is 1.92. The summed E-state index contributed by atoms with van der Waals surface area (Å²) < 4.78 is 5.69. The van der Waals surface area contributed by atoms with E-state index in [4.69, 9.17) is 4.74 Å². The fraction of sp³-hybridized carbons (Fsp3) is 0.667. The molecule has 1 unspecified atom stereocenters. The lowest BCUT2D eigenvalue weighted by Gasteiger charge is -2.23. The van der Waals surface area contributed by atoms with Crippen LogP contribution in [0.1, 0.15) is 26.7 Å². The van der Waals surface area contributed by atoms with Gasteiger partial charge in [0.1, 0.15) is 12.1 Å². The van der Waals surface area contributed by atoms with Gasteiger partial charge in [-0.15, -0.1) is 0 Å². The van der Waals surface area contributed by atoms with E-state index in [9.17, 15) is 0 Å². The molecular weight excluding hydrogens is 234 g/mol. The number of thioether (sulfide) groups is 1. The van der Waals surface area contributed by atoms with Gasteiger partial charge in [0.2, 0.25) is 5.88 Å². The summed E-state index contributed by atoms with van der Waals surface area (Å²) >= 11 is 2.04. The van der Waals surface area contributed by atoms with Gasteiger partial charge in [-0.2, -0.15) is 11.8 Å². The number of aromatic nitrogens is 2. The van der Waals surface area contributed by atoms with E-state index in [0.717, 1.165) is 12.4 Å². The molecule has 1 aliphatic rings. The Morgan fingerprint density at radius 1 is 1.53 bits per heavy atom. The maximum Gasteiger partial charge on any atom is 0.218 e. The fourth-order valence-corrected chi connectivity index (χ4v) is 3.16. The zero-order chi connectivity index (χ0) is 12.1. The average molecular weight is 253 g/mol. The van der Waals surface area contributed by atoms with Gasteiger partial charge >= 0.3 is 0 Å². The molecule has 0 saturated carbocycles. The second kappa shape index (κ2) is 5.58. The molecule has 1 saturated heterocycles. The first-order chi connectivity index (χ1) is 8.22. The molecule has 0 aliphatic carbocycles. The Hall–Kier alpha value is -0.970. The molecule has 2 rings (SSSR count). The molecular formula is C12H19N3OS. The van der Waals surface area contributed by atoms with Gasteiger partial charge in [-0.3, -0.25) is 0 Å². The highest BCUT2D eigenvalue weighted by atomic mass is 32.2. The normalized spacial score (nSPS) is 23.6. The second-order valence-corrected chi connectivity index (χ2v) is 6.11. The summed E-state index contributed by atoms with van der Waals surface area (Å²) in [5.74, 6) is 2.75. The van der Waals surface area contributed by atoms with Gasteiger partial charge in [0.15, 0.2) is 0 Å². The van der Waals surface area contributed by atoms with Crippen LogP contribution in [-0.2, 0) is 0 Å². The minimum Gasteiger partial charge on any atom is -0.478 e. The first-order valence-electron chi connectivity index (χ1n) is 6.04. The average Bonchev–Trinajstić information content (AvgIpc) is 2.76. The molecule has 1 aromatic rings. The van der Waals surface area contributed by atoms with Crippen molar-refractivity contribution >= 4 is 17.6 Å². The second-order valence-electron chi connectivity index (χ2n) is 4.43. The molecule has 0 amide bonds. The molecule has 1 aromatic heterocycles. The largest absolute Gasteiger partial charge is 0.478 e. The molecule has 1 fully saturated rings. The molecule has 0 aromatic carbocycles. The van der Waals surface area contributed by atoms with Crippen molar-refractivity contribution in [3.05, 3.63) is 12.4 Å². The Bertz CT molecular complexity index is 367. The lowest BCUT2D eigenvalue weighted by molar-refractivity contribution is 0.326. The molecule has 1 aliphatic heterocycles. The maximum absolute atomic E-state index is 5.35. The summed E-state index contributed by atoms with van der Waals surface area (Å²) in [6, 6.07) is 1.85. The molecule has 1 N–H and O–H groups in total. The van der Waals surface area contributed by atoms with Crippen molar-refractivity contribution in [3.63, 3.8) is 0 Å². The number of hydrogen-bond donors (Lipinski definition) is 1. The van der Waals surface area contributed by atoms with Crippen LogP contribution in [0.15, 0.2) is 12.4 Å². The third kappa shape index (κ3) is 3.49. The monoisotopic (exact) mass is 253 g/mol. The van der Waals surface area contributed by atoms with E-state index in [1.807, 2.05) is 24.8 Å². The summed E-state index contributed by atoms with van der Waals surface area (Å²) in [5.41, 5.74) is 0. The highest BCUT2D eigenvalue weighted by Gasteiger charge is 2.29. The number of hydrogen-bond acceptors (Lipinski definition) is 5. The van der Waals surface area contributed by atoms with Crippen molar-refractivity contribution in [2.45, 2.75) is 31.4 Å². The van der Waals surface area contributed by atoms with Crippen LogP contribution >= 0.6 is 11.8 Å². The first-order valence-corrected chi connectivity index (χ1v) is 7.03. The summed E-state index contributed by atoms with van der Waals surface area (Å²) in [6.45, 7) is 5.83. The number of anilines is 1. The van der Waals surface area contributed by atoms with Crippen LogP contribution in [0.25, 0.3) is 0 Å². The predicted molar refractivity (Wildman–Crippen MR) is 71.8 cm³/mol. The summed E-state index contributed by atoms with van der Waals surface area (Å²) in [5, 5.41) is 3.37. The van der Waals surface area contributed by atoms with E-state index in [2.05, 4.69) is 22.2 Å². The maximum atomic E-state index is 5.35. The standard InChI is InChI=1S/C12H19N3OS/c1-3-16-11-7-10(14-9-15-11)13-8-12(2)5-4-6-17-12/h7,9H,3-6,8H2,1-2H3,(H,13,14,15). The van der Waals surface area contributed by atoms with Crippen LogP contribution in [0.4, 0.5) is 5.82 Å². The van der Waals surface area contributed by atoms with Crippen molar-refractivity contribution in [2.24, 2.45) is 0 Å². The third-order valence-corrected chi connectivity index (χ3v) is 4.42. The van der Waals surface area contributed by atoms with Crippen molar-refractivity contribution < 1.29 is 4.74 Å². The van der Waals surface area contributed by atoms with Crippen molar-refractivity contribution in [1.82, 2.24) is 9.97 Å². The molecule has 4 nitrogen and oxygen atoms in total. The number of nitrogens with zero attached hydrogens (tertiary/aromatic N) is 2. The molecule has 17 heavy (non-hydrogen) atoms. The minimum atomic E-state index is 0.344. The Morgan fingerprint density at radius 2 is 2.41 bits per heavy atom. The van der Waals surface area contributed by atoms with E-state index < -0.39 is 0 Å². The molecule has 0 bridgehead atoms. The van der Waals surface area contributed by atoms with Gasteiger partial charge in [0.25, 0.3) is 0 Å². The summed E-state index contributed by atoms with van der Waals surface area (Å²) in [4.78, 5) is 8.25. The van der Waals surface area contributed by atoms with Gasteiger partial charge in [-0.1, -0.05) is 0 Å². The van der Waals surface area contributed by atoms with Crippen molar-refractivity contribution in [3.8, 4) is 5.88 Å². The predicted octanol–water partition coefficient (Wildman–Crippen LogP) is 2.57. The van der Waals surface area contributed by atoms with Crippen LogP contribution in [0, 0.1) is 0 Å². The zero-order valence-electron chi connectivity index (χ0n) is 10.4. The van der Waals surface area contributed by atoms with Crippen LogP contribution in [0.5, 0.6) is 5.88 Å². The van der Waals surface area contributed by atoms with E-state index >= 15 is 0 Å². The highest BCUT2D eigenvalue weighted by molar-refractivity contribution is 8.00. The van der Waals surface area contributed by atoms with Gasteiger partial charge in [0.05, 0.1) is 6.61 Å². The van der Waals surface area contributed by atoms with E-state index in [-0.39, 0.29) is 0 Å². The van der Waals surface area contributed by atoms with Gasteiger partial charge in [-0.05, 0) is 32.4 Å². The van der Waals surface area contributed by atoms with Gasteiger partial charge in [0, 0.05) is 17.4 Å². The first kappa shape index (κ1) is 12.5. The number of nitrogens with one attached hydrogen (secondary N) is 1. The number of rotatable bonds is 5. The number of ether oxygens (including phenoxy) is 1. The van der Waals surface area contributed by atoms with Crippen molar-refractivity contribution in [2.75, 3.05) is 24.2 Å². The van der Waals surface area contributed by atoms with Crippen LogP contribution < -0.4 is 10.1 Å². The lowest BCUT2D eigenvalue weighted by atomic mass is 10.1. The Labute approximate surface area is 107 Å². The lowest BCUT2D eigenvalue weighted by Crippen LogP contribution is -2.27. The molecule has 2 heterocycles. The quantitative estimate of drug-likeness (QED) is 0.874. The van der Waals surface area contributed by atoms with Gasteiger partial charge < -0.3 is 10.1 Å². The van der Waals surface area contributed by atoms with Crippen LogP contribution in [0.2, 0.25) is 0 Å². The SMILES string of the molecule is CCOc1cc(NCC2(C)CCCS2)ncn1. The Morgan fingerprint density at radius 3 is 3.12 bits per heavy atom. The minimum absolute atomic E-state index is 0.344. The topological polar surface area (TPSA) is 47.0 Å². The smallest absolute Gasteiger partial charge is 0.218 e. The molecule has 94 valence electrons. The molecule has 0 spiro atoms. The van der Waals surface area contributed by atoms with Crippen LogP contribution in [-0.4, -0.2) is 33.6 Å². The Kier molecular flexibility index (Phi) is 4.10. The summed E-state index contributed by atoms with van der Waals surface area (Å²) in [7, 11) is 0. The van der Waals surface area contributed by atoms with Crippen molar-refractivity contribution in [1.29, 1.82) is 0 Å². The van der Waals surface area contributed by atoms with Gasteiger partial charge in [-0.25, -0.2) is 9.97 Å². The Balaban J connectivity index is 1.91. The van der Waals surface area contributed by atoms with E-state index in [1.54, 1.807) is 0 Å². The summed E-state index contributed by atoms with van der Waals surface area (Å²) in [6.07, 6.45) is 4.13. The van der Waals surface area contributed by atoms with E-state index in [1.165, 1.54) is 24.9 Å².